The van der Waals surface area contributed by atoms with E-state index in [4.69, 9.17) is 0 Å². The first-order valence-corrected chi connectivity index (χ1v) is 7.90. The van der Waals surface area contributed by atoms with E-state index in [1.54, 1.807) is 4.90 Å². The Hall–Kier alpha value is -1.88. The van der Waals surface area contributed by atoms with E-state index in [1.807, 2.05) is 38.2 Å². The Labute approximate surface area is 132 Å². The van der Waals surface area contributed by atoms with Gasteiger partial charge in [-0.15, -0.1) is 0 Å². The summed E-state index contributed by atoms with van der Waals surface area (Å²) in [7, 11) is 1.86. The van der Waals surface area contributed by atoms with Gasteiger partial charge in [-0.25, -0.2) is 0 Å². The molecule has 2 amide bonds. The summed E-state index contributed by atoms with van der Waals surface area (Å²) in [4.78, 5) is 26.5. The first-order chi connectivity index (χ1) is 10.6. The third kappa shape index (κ3) is 4.31. The molecule has 1 fully saturated rings. The van der Waals surface area contributed by atoms with Crippen LogP contribution in [0.5, 0.6) is 0 Å². The van der Waals surface area contributed by atoms with E-state index < -0.39 is 0 Å². The van der Waals surface area contributed by atoms with Crippen molar-refractivity contribution in [1.82, 2.24) is 15.5 Å². The van der Waals surface area contributed by atoms with E-state index in [-0.39, 0.29) is 17.7 Å². The minimum absolute atomic E-state index is 0.0210. The summed E-state index contributed by atoms with van der Waals surface area (Å²) >= 11 is 0. The minimum atomic E-state index is -0.0972. The van der Waals surface area contributed by atoms with Crippen LogP contribution in [0.2, 0.25) is 0 Å². The molecule has 0 spiro atoms. The summed E-state index contributed by atoms with van der Waals surface area (Å²) in [6, 6.07) is 7.60. The van der Waals surface area contributed by atoms with Crippen molar-refractivity contribution in [2.45, 2.75) is 19.8 Å². The van der Waals surface area contributed by atoms with E-state index in [1.165, 1.54) is 0 Å². The van der Waals surface area contributed by atoms with Crippen LogP contribution in [-0.4, -0.2) is 49.9 Å². The van der Waals surface area contributed by atoms with Gasteiger partial charge in [0.05, 0.1) is 5.92 Å². The predicted octanol–water partition coefficient (Wildman–Crippen LogP) is 1.18. The third-order valence-electron chi connectivity index (χ3n) is 4.05. The van der Waals surface area contributed by atoms with Crippen molar-refractivity contribution in [3.8, 4) is 0 Å². The SMILES string of the molecule is CNCCNC(=O)C1CCCN(C(=O)c2ccc(C)cc2)C1. The van der Waals surface area contributed by atoms with E-state index in [2.05, 4.69) is 10.6 Å². The van der Waals surface area contributed by atoms with Gasteiger partial charge in [-0.3, -0.25) is 9.59 Å². The highest BCUT2D eigenvalue weighted by Crippen LogP contribution is 2.19. The fourth-order valence-corrected chi connectivity index (χ4v) is 2.71. The predicted molar refractivity (Wildman–Crippen MR) is 86.7 cm³/mol. The van der Waals surface area contributed by atoms with Crippen molar-refractivity contribution >= 4 is 11.8 Å². The number of likely N-dealkylation sites (N-methyl/N-ethyl adjacent to an activating group) is 1. The smallest absolute Gasteiger partial charge is 0.253 e. The van der Waals surface area contributed by atoms with E-state index in [0.29, 0.717) is 18.7 Å². The number of rotatable bonds is 5. The molecule has 1 aromatic rings. The third-order valence-corrected chi connectivity index (χ3v) is 4.05. The van der Waals surface area contributed by atoms with Gasteiger partial charge in [0.15, 0.2) is 0 Å². The highest BCUT2D eigenvalue weighted by atomic mass is 16.2. The molecule has 0 aliphatic carbocycles. The highest BCUT2D eigenvalue weighted by Gasteiger charge is 2.28. The fourth-order valence-electron chi connectivity index (χ4n) is 2.71. The molecule has 2 rings (SSSR count). The zero-order valence-corrected chi connectivity index (χ0v) is 13.4. The molecule has 5 heteroatoms. The largest absolute Gasteiger partial charge is 0.355 e. The molecule has 1 aliphatic heterocycles. The van der Waals surface area contributed by atoms with Crippen LogP contribution in [0.25, 0.3) is 0 Å². The normalized spacial score (nSPS) is 18.1. The molecule has 0 bridgehead atoms. The number of carbonyl (C=O) groups excluding carboxylic acids is 2. The summed E-state index contributed by atoms with van der Waals surface area (Å²) in [6.45, 7) is 4.62. The van der Waals surface area contributed by atoms with Gasteiger partial charge >= 0.3 is 0 Å². The van der Waals surface area contributed by atoms with Crippen LogP contribution >= 0.6 is 0 Å². The van der Waals surface area contributed by atoms with Crippen LogP contribution in [0.4, 0.5) is 0 Å². The Bertz CT molecular complexity index is 513. The molecule has 2 N–H and O–H groups in total. The summed E-state index contributed by atoms with van der Waals surface area (Å²) in [6.07, 6.45) is 1.73. The molecule has 0 saturated carbocycles. The second-order valence-corrected chi connectivity index (χ2v) is 5.85. The number of hydrogen-bond donors (Lipinski definition) is 2. The molecule has 5 nitrogen and oxygen atoms in total. The lowest BCUT2D eigenvalue weighted by molar-refractivity contribution is -0.126. The van der Waals surface area contributed by atoms with Gasteiger partial charge in [0.2, 0.25) is 5.91 Å². The Kier molecular flexibility index (Phi) is 5.95. The average molecular weight is 303 g/mol. The molecule has 1 unspecified atom stereocenters. The number of nitrogens with zero attached hydrogens (tertiary/aromatic N) is 1. The fraction of sp³-hybridized carbons (Fsp3) is 0.529. The molecular weight excluding hydrogens is 278 g/mol. The molecule has 22 heavy (non-hydrogen) atoms. The van der Waals surface area contributed by atoms with Crippen LogP contribution in [0, 0.1) is 12.8 Å². The molecule has 0 aromatic heterocycles. The summed E-state index contributed by atoms with van der Waals surface area (Å²) in [5.41, 5.74) is 1.83. The van der Waals surface area contributed by atoms with Crippen molar-refractivity contribution in [1.29, 1.82) is 0 Å². The Morgan fingerprint density at radius 1 is 1.23 bits per heavy atom. The van der Waals surface area contributed by atoms with Crippen molar-refractivity contribution in [2.24, 2.45) is 5.92 Å². The maximum atomic E-state index is 12.5. The molecular formula is C17H25N3O2. The van der Waals surface area contributed by atoms with Crippen LogP contribution in [0.1, 0.15) is 28.8 Å². The zero-order chi connectivity index (χ0) is 15.9. The van der Waals surface area contributed by atoms with Gasteiger partial charge in [0.25, 0.3) is 5.91 Å². The Morgan fingerprint density at radius 2 is 1.95 bits per heavy atom. The van der Waals surface area contributed by atoms with Crippen LogP contribution in [-0.2, 0) is 4.79 Å². The van der Waals surface area contributed by atoms with Crippen molar-refractivity contribution in [2.75, 3.05) is 33.2 Å². The summed E-state index contributed by atoms with van der Waals surface area (Å²) < 4.78 is 0. The number of nitrogens with one attached hydrogen (secondary N) is 2. The van der Waals surface area contributed by atoms with Crippen LogP contribution in [0.3, 0.4) is 0 Å². The standard InChI is InChI=1S/C17H25N3O2/c1-13-5-7-14(8-6-13)17(22)20-11-3-4-15(12-20)16(21)19-10-9-18-2/h5-8,15,18H,3-4,9-12H2,1-2H3,(H,19,21). The first-order valence-electron chi connectivity index (χ1n) is 7.90. The number of carbonyl (C=O) groups is 2. The number of likely N-dealkylation sites (tertiary alicyclic amines) is 1. The van der Waals surface area contributed by atoms with Gasteiger partial charge in [-0.1, -0.05) is 17.7 Å². The second kappa shape index (κ2) is 7.94. The molecule has 0 radical (unpaired) electrons. The monoisotopic (exact) mass is 303 g/mol. The topological polar surface area (TPSA) is 61.4 Å². The number of piperidine rings is 1. The Morgan fingerprint density at radius 3 is 2.64 bits per heavy atom. The maximum Gasteiger partial charge on any atom is 0.253 e. The lowest BCUT2D eigenvalue weighted by atomic mass is 9.96. The van der Waals surface area contributed by atoms with Gasteiger partial charge < -0.3 is 15.5 Å². The summed E-state index contributed by atoms with van der Waals surface area (Å²) in [5.74, 6) is -0.0237. The van der Waals surface area contributed by atoms with E-state index in [9.17, 15) is 9.59 Å². The van der Waals surface area contributed by atoms with Gasteiger partial charge in [-0.05, 0) is 38.9 Å². The van der Waals surface area contributed by atoms with Gasteiger partial charge in [0.1, 0.15) is 0 Å². The maximum absolute atomic E-state index is 12.5. The molecule has 1 aromatic carbocycles. The summed E-state index contributed by atoms with van der Waals surface area (Å²) in [5, 5.41) is 5.92. The van der Waals surface area contributed by atoms with Gasteiger partial charge in [0, 0.05) is 31.7 Å². The quantitative estimate of drug-likeness (QED) is 0.803. The molecule has 120 valence electrons. The van der Waals surface area contributed by atoms with Crippen LogP contribution < -0.4 is 10.6 Å². The lowest BCUT2D eigenvalue weighted by Crippen LogP contribution is -2.46. The van der Waals surface area contributed by atoms with Crippen LogP contribution in [0.15, 0.2) is 24.3 Å². The number of benzene rings is 1. The van der Waals surface area contributed by atoms with Gasteiger partial charge in [-0.2, -0.15) is 0 Å². The number of hydrogen-bond acceptors (Lipinski definition) is 3. The molecule has 1 atom stereocenters. The molecule has 1 saturated heterocycles. The van der Waals surface area contributed by atoms with E-state index >= 15 is 0 Å². The lowest BCUT2D eigenvalue weighted by Gasteiger charge is -2.32. The number of amides is 2. The van der Waals surface area contributed by atoms with Crippen molar-refractivity contribution in [3.05, 3.63) is 35.4 Å². The zero-order valence-electron chi connectivity index (χ0n) is 13.4. The average Bonchev–Trinajstić information content (AvgIpc) is 2.55. The molecule has 1 aliphatic rings. The van der Waals surface area contributed by atoms with E-state index in [0.717, 1.165) is 31.5 Å². The molecule has 1 heterocycles. The Balaban J connectivity index is 1.93. The minimum Gasteiger partial charge on any atom is -0.355 e. The first kappa shape index (κ1) is 16.5. The highest BCUT2D eigenvalue weighted by molar-refractivity contribution is 5.94. The second-order valence-electron chi connectivity index (χ2n) is 5.85. The van der Waals surface area contributed by atoms with Crippen molar-refractivity contribution < 1.29 is 9.59 Å². The number of aryl methyl sites for hydroxylation is 1. The van der Waals surface area contributed by atoms with Crippen molar-refractivity contribution in [3.63, 3.8) is 0 Å².